The molecular formula is C16H15BrCl2FN. The van der Waals surface area contributed by atoms with Gasteiger partial charge in [-0.3, -0.25) is 0 Å². The van der Waals surface area contributed by atoms with Crippen molar-refractivity contribution in [1.29, 1.82) is 0 Å². The van der Waals surface area contributed by atoms with E-state index in [0.717, 1.165) is 18.5 Å². The predicted molar refractivity (Wildman–Crippen MR) is 90.7 cm³/mol. The molecule has 1 unspecified atom stereocenters. The lowest BCUT2D eigenvalue weighted by Crippen LogP contribution is -2.24. The van der Waals surface area contributed by atoms with E-state index in [1.807, 2.05) is 12.1 Å². The highest BCUT2D eigenvalue weighted by molar-refractivity contribution is 9.10. The minimum absolute atomic E-state index is 0.257. The molecule has 0 heterocycles. The highest BCUT2D eigenvalue weighted by Crippen LogP contribution is 2.31. The smallest absolute Gasteiger partial charge is 0.129 e. The molecule has 5 heteroatoms. The van der Waals surface area contributed by atoms with Gasteiger partial charge >= 0.3 is 0 Å². The third-order valence-electron chi connectivity index (χ3n) is 3.15. The number of halogens is 4. The zero-order valence-electron chi connectivity index (χ0n) is 11.5. The molecule has 0 aliphatic carbocycles. The van der Waals surface area contributed by atoms with Crippen LogP contribution in [0.15, 0.2) is 40.9 Å². The van der Waals surface area contributed by atoms with Crippen LogP contribution in [0.4, 0.5) is 4.39 Å². The van der Waals surface area contributed by atoms with Gasteiger partial charge in [0.05, 0.1) is 16.1 Å². The highest BCUT2D eigenvalue weighted by Gasteiger charge is 2.18. The van der Waals surface area contributed by atoms with Crippen molar-refractivity contribution in [2.24, 2.45) is 0 Å². The molecule has 0 amide bonds. The minimum atomic E-state index is -0.260. The Morgan fingerprint density at radius 1 is 1.14 bits per heavy atom. The molecule has 0 aromatic heterocycles. The van der Waals surface area contributed by atoms with Crippen molar-refractivity contribution in [3.63, 3.8) is 0 Å². The summed E-state index contributed by atoms with van der Waals surface area (Å²) in [6.45, 7) is 2.84. The summed E-state index contributed by atoms with van der Waals surface area (Å²) in [5.41, 5.74) is 1.48. The Morgan fingerprint density at radius 2 is 1.90 bits per heavy atom. The molecule has 2 aromatic rings. The van der Waals surface area contributed by atoms with Gasteiger partial charge < -0.3 is 5.32 Å². The summed E-state index contributed by atoms with van der Waals surface area (Å²) in [6.07, 6.45) is 0.954. The summed E-state index contributed by atoms with van der Waals surface area (Å²) < 4.78 is 15.0. The molecule has 0 bridgehead atoms. The van der Waals surface area contributed by atoms with E-state index in [1.54, 1.807) is 18.2 Å². The first-order valence-electron chi connectivity index (χ1n) is 6.66. The van der Waals surface area contributed by atoms with Crippen LogP contribution >= 0.6 is 39.1 Å². The lowest BCUT2D eigenvalue weighted by atomic mass is 9.98. The van der Waals surface area contributed by atoms with Crippen LogP contribution in [-0.2, 0) is 0 Å². The largest absolute Gasteiger partial charge is 0.306 e. The Morgan fingerprint density at radius 3 is 2.52 bits per heavy atom. The minimum Gasteiger partial charge on any atom is -0.306 e. The first kappa shape index (κ1) is 16.8. The Kier molecular flexibility index (Phi) is 6.06. The van der Waals surface area contributed by atoms with Crippen molar-refractivity contribution in [3.05, 3.63) is 67.9 Å². The fourth-order valence-electron chi connectivity index (χ4n) is 2.12. The summed E-state index contributed by atoms with van der Waals surface area (Å²) in [7, 11) is 0. The zero-order chi connectivity index (χ0) is 15.4. The van der Waals surface area contributed by atoms with E-state index in [0.29, 0.717) is 20.1 Å². The van der Waals surface area contributed by atoms with Gasteiger partial charge in [0.15, 0.2) is 0 Å². The summed E-state index contributed by atoms with van der Waals surface area (Å²) in [6, 6.07) is 10.2. The number of rotatable bonds is 5. The van der Waals surface area contributed by atoms with Crippen LogP contribution in [0, 0.1) is 5.82 Å². The summed E-state index contributed by atoms with van der Waals surface area (Å²) in [5, 5.41) is 4.31. The third kappa shape index (κ3) is 4.19. The predicted octanol–water partition coefficient (Wildman–Crippen LogP) is 5.98. The normalized spacial score (nSPS) is 12.4. The Balaban J connectivity index is 2.44. The molecule has 0 aliphatic rings. The monoisotopic (exact) mass is 389 g/mol. The van der Waals surface area contributed by atoms with Gasteiger partial charge in [-0.25, -0.2) is 4.39 Å². The number of hydrogen-bond acceptors (Lipinski definition) is 1. The standard InChI is InChI=1S/C16H15BrCl2FN/c1-2-7-21-16(10-3-6-13(18)14(19)8-10)12-5-4-11(17)9-15(12)20/h3-6,8-9,16,21H,2,7H2,1H3. The zero-order valence-corrected chi connectivity index (χ0v) is 14.6. The molecule has 0 aliphatic heterocycles. The SMILES string of the molecule is CCCNC(c1ccc(Cl)c(Cl)c1)c1ccc(Br)cc1F. The van der Waals surface area contributed by atoms with E-state index >= 15 is 0 Å². The van der Waals surface area contributed by atoms with E-state index in [9.17, 15) is 4.39 Å². The molecule has 0 saturated heterocycles. The van der Waals surface area contributed by atoms with Crippen molar-refractivity contribution in [1.82, 2.24) is 5.32 Å². The first-order valence-corrected chi connectivity index (χ1v) is 8.21. The lowest BCUT2D eigenvalue weighted by Gasteiger charge is -2.21. The highest BCUT2D eigenvalue weighted by atomic mass is 79.9. The lowest BCUT2D eigenvalue weighted by molar-refractivity contribution is 0.546. The molecule has 1 nitrogen and oxygen atoms in total. The van der Waals surface area contributed by atoms with Crippen LogP contribution in [0.25, 0.3) is 0 Å². The second-order valence-corrected chi connectivity index (χ2v) is 6.46. The molecule has 21 heavy (non-hydrogen) atoms. The van der Waals surface area contributed by atoms with Gasteiger partial charge in [-0.05, 0) is 42.8 Å². The second kappa shape index (κ2) is 7.59. The third-order valence-corrected chi connectivity index (χ3v) is 4.38. The van der Waals surface area contributed by atoms with Crippen LogP contribution in [0.3, 0.4) is 0 Å². The van der Waals surface area contributed by atoms with E-state index < -0.39 is 0 Å². The molecule has 0 spiro atoms. The van der Waals surface area contributed by atoms with Gasteiger partial charge in [0, 0.05) is 10.0 Å². The topological polar surface area (TPSA) is 12.0 Å². The van der Waals surface area contributed by atoms with Crippen molar-refractivity contribution < 1.29 is 4.39 Å². The Labute approximate surface area is 142 Å². The van der Waals surface area contributed by atoms with Crippen molar-refractivity contribution in [2.45, 2.75) is 19.4 Å². The van der Waals surface area contributed by atoms with Gasteiger partial charge in [0.25, 0.3) is 0 Å². The summed E-state index contributed by atoms with van der Waals surface area (Å²) in [5.74, 6) is -0.260. The van der Waals surface area contributed by atoms with E-state index in [1.165, 1.54) is 6.07 Å². The average molecular weight is 391 g/mol. The number of benzene rings is 2. The van der Waals surface area contributed by atoms with E-state index in [4.69, 9.17) is 23.2 Å². The molecular weight excluding hydrogens is 376 g/mol. The van der Waals surface area contributed by atoms with Gasteiger partial charge in [-0.15, -0.1) is 0 Å². The van der Waals surface area contributed by atoms with Crippen LogP contribution in [0.5, 0.6) is 0 Å². The Hall–Kier alpha value is -0.610. The van der Waals surface area contributed by atoms with Crippen LogP contribution in [0.2, 0.25) is 10.0 Å². The molecule has 1 atom stereocenters. The van der Waals surface area contributed by atoms with Gasteiger partial charge in [-0.2, -0.15) is 0 Å². The molecule has 0 radical (unpaired) electrons. The fraction of sp³-hybridized carbons (Fsp3) is 0.250. The number of nitrogens with one attached hydrogen (secondary N) is 1. The molecule has 2 aromatic carbocycles. The number of hydrogen-bond donors (Lipinski definition) is 1. The van der Waals surface area contributed by atoms with Gasteiger partial charge in [0.2, 0.25) is 0 Å². The molecule has 0 saturated carbocycles. The van der Waals surface area contributed by atoms with Crippen molar-refractivity contribution in [3.8, 4) is 0 Å². The maximum absolute atomic E-state index is 14.3. The molecule has 2 rings (SSSR count). The quantitative estimate of drug-likeness (QED) is 0.661. The van der Waals surface area contributed by atoms with Crippen molar-refractivity contribution >= 4 is 39.1 Å². The van der Waals surface area contributed by atoms with Gasteiger partial charge in [-0.1, -0.05) is 58.2 Å². The molecule has 1 N–H and O–H groups in total. The average Bonchev–Trinajstić information content (AvgIpc) is 2.44. The van der Waals surface area contributed by atoms with Crippen molar-refractivity contribution in [2.75, 3.05) is 6.54 Å². The second-order valence-electron chi connectivity index (χ2n) is 4.73. The van der Waals surface area contributed by atoms with Crippen LogP contribution < -0.4 is 5.32 Å². The van der Waals surface area contributed by atoms with E-state index in [-0.39, 0.29) is 11.9 Å². The molecule has 112 valence electrons. The summed E-state index contributed by atoms with van der Waals surface area (Å²) >= 11 is 15.3. The van der Waals surface area contributed by atoms with Gasteiger partial charge in [0.1, 0.15) is 5.82 Å². The fourth-order valence-corrected chi connectivity index (χ4v) is 2.76. The van der Waals surface area contributed by atoms with E-state index in [2.05, 4.69) is 28.2 Å². The maximum Gasteiger partial charge on any atom is 0.129 e. The van der Waals surface area contributed by atoms with Crippen LogP contribution in [-0.4, -0.2) is 6.54 Å². The molecule has 0 fully saturated rings. The van der Waals surface area contributed by atoms with Crippen LogP contribution in [0.1, 0.15) is 30.5 Å². The first-order chi connectivity index (χ1) is 10.0. The maximum atomic E-state index is 14.3. The summed E-state index contributed by atoms with van der Waals surface area (Å²) in [4.78, 5) is 0. The Bertz CT molecular complexity index is 634.